The van der Waals surface area contributed by atoms with Crippen LogP contribution in [0.25, 0.3) is 11.5 Å². The van der Waals surface area contributed by atoms with Crippen LogP contribution in [0, 0.1) is 6.92 Å². The zero-order valence-electron chi connectivity index (χ0n) is 15.2. The maximum absolute atomic E-state index is 12.0. The van der Waals surface area contributed by atoms with Crippen LogP contribution in [0.1, 0.15) is 35.2 Å². The van der Waals surface area contributed by atoms with Crippen LogP contribution in [0.3, 0.4) is 0 Å². The smallest absolute Gasteiger partial charge is 0.226 e. The molecule has 0 unspecified atom stereocenters. The molecule has 0 amide bonds. The van der Waals surface area contributed by atoms with Gasteiger partial charge in [-0.25, -0.2) is 4.98 Å². The number of carbonyl (C=O) groups is 1. The summed E-state index contributed by atoms with van der Waals surface area (Å²) in [7, 11) is 0. The first kappa shape index (κ1) is 18.9. The Bertz CT molecular complexity index is 836. The van der Waals surface area contributed by atoms with E-state index in [1.54, 1.807) is 23.1 Å². The van der Waals surface area contributed by atoms with Crippen molar-refractivity contribution in [1.29, 1.82) is 0 Å². The van der Waals surface area contributed by atoms with Crippen LogP contribution in [0.4, 0.5) is 0 Å². The monoisotopic (exact) mass is 385 g/mol. The van der Waals surface area contributed by atoms with Crippen LogP contribution in [0.2, 0.25) is 0 Å². The SMILES string of the molecule is CCc1ccc(-c2nc(CSCC(=O)CCc3cccs3)c(C)o2)cc1. The average molecular weight is 386 g/mol. The summed E-state index contributed by atoms with van der Waals surface area (Å²) in [6.45, 7) is 4.08. The molecule has 0 atom stereocenters. The number of benzene rings is 1. The van der Waals surface area contributed by atoms with Crippen LogP contribution in [0.5, 0.6) is 0 Å². The van der Waals surface area contributed by atoms with Gasteiger partial charge < -0.3 is 4.42 Å². The summed E-state index contributed by atoms with van der Waals surface area (Å²) in [5.41, 5.74) is 3.22. The van der Waals surface area contributed by atoms with E-state index < -0.39 is 0 Å². The van der Waals surface area contributed by atoms with Crippen LogP contribution >= 0.6 is 23.1 Å². The fourth-order valence-corrected chi connectivity index (χ4v) is 4.26. The number of carbonyl (C=O) groups excluding carboxylic acids is 1. The number of hydrogen-bond acceptors (Lipinski definition) is 5. The Labute approximate surface area is 162 Å². The van der Waals surface area contributed by atoms with Crippen molar-refractivity contribution >= 4 is 28.9 Å². The lowest BCUT2D eigenvalue weighted by Gasteiger charge is -2.00. The number of oxazole rings is 1. The number of thiophene rings is 1. The molecule has 26 heavy (non-hydrogen) atoms. The van der Waals surface area contributed by atoms with Crippen molar-refractivity contribution in [3.05, 3.63) is 63.7 Å². The Balaban J connectivity index is 1.50. The zero-order valence-corrected chi connectivity index (χ0v) is 16.8. The number of Topliss-reactive ketones (excluding diaryl/α,β-unsaturated/α-hetero) is 1. The molecule has 0 N–H and O–H groups in total. The van der Waals surface area contributed by atoms with E-state index in [1.807, 2.05) is 13.0 Å². The molecule has 0 bridgehead atoms. The standard InChI is InChI=1S/C21H23NO2S2/c1-3-16-6-8-17(9-7-16)21-22-20(15(2)24-21)14-25-13-18(23)10-11-19-5-4-12-26-19/h4-9,12H,3,10-11,13-14H2,1-2H3. The maximum Gasteiger partial charge on any atom is 0.226 e. The van der Waals surface area contributed by atoms with E-state index in [0.717, 1.165) is 29.9 Å². The number of hydrogen-bond donors (Lipinski definition) is 0. The molecule has 3 nitrogen and oxygen atoms in total. The fraction of sp³-hybridized carbons (Fsp3) is 0.333. The van der Waals surface area contributed by atoms with Gasteiger partial charge in [-0.3, -0.25) is 4.79 Å². The van der Waals surface area contributed by atoms with E-state index >= 15 is 0 Å². The minimum atomic E-state index is 0.292. The van der Waals surface area contributed by atoms with Crippen molar-refractivity contribution in [2.45, 2.75) is 38.9 Å². The van der Waals surface area contributed by atoms with E-state index in [2.05, 4.69) is 47.6 Å². The van der Waals surface area contributed by atoms with Gasteiger partial charge in [0.1, 0.15) is 11.5 Å². The first-order valence-corrected chi connectivity index (χ1v) is 10.9. The van der Waals surface area contributed by atoms with E-state index in [-0.39, 0.29) is 0 Å². The van der Waals surface area contributed by atoms with Crippen molar-refractivity contribution in [2.75, 3.05) is 5.75 Å². The van der Waals surface area contributed by atoms with Crippen molar-refractivity contribution < 1.29 is 9.21 Å². The molecular formula is C21H23NO2S2. The van der Waals surface area contributed by atoms with Gasteiger partial charge in [-0.15, -0.1) is 23.1 Å². The highest BCUT2D eigenvalue weighted by molar-refractivity contribution is 7.99. The molecule has 1 aromatic carbocycles. The summed E-state index contributed by atoms with van der Waals surface area (Å²) < 4.78 is 5.82. The fourth-order valence-electron chi connectivity index (χ4n) is 2.62. The molecule has 0 saturated heterocycles. The number of aryl methyl sites for hydroxylation is 3. The lowest BCUT2D eigenvalue weighted by Crippen LogP contribution is -2.03. The number of nitrogens with zero attached hydrogens (tertiary/aromatic N) is 1. The number of thioether (sulfide) groups is 1. The number of aromatic nitrogens is 1. The zero-order chi connectivity index (χ0) is 18.4. The molecule has 2 heterocycles. The third-order valence-electron chi connectivity index (χ3n) is 4.23. The second-order valence-electron chi connectivity index (χ2n) is 6.18. The summed E-state index contributed by atoms with van der Waals surface area (Å²) in [4.78, 5) is 17.9. The van der Waals surface area contributed by atoms with Crippen LogP contribution in [-0.4, -0.2) is 16.5 Å². The Hall–Kier alpha value is -1.85. The summed E-state index contributed by atoms with van der Waals surface area (Å²) >= 11 is 3.32. The van der Waals surface area contributed by atoms with Gasteiger partial charge in [-0.05, 0) is 48.9 Å². The lowest BCUT2D eigenvalue weighted by atomic mass is 10.1. The predicted molar refractivity (Wildman–Crippen MR) is 110 cm³/mol. The largest absolute Gasteiger partial charge is 0.441 e. The lowest BCUT2D eigenvalue weighted by molar-refractivity contribution is -0.116. The molecule has 2 aromatic heterocycles. The summed E-state index contributed by atoms with van der Waals surface area (Å²) in [5.74, 6) is 3.01. The van der Waals surface area contributed by atoms with Gasteiger partial charge >= 0.3 is 0 Å². The Kier molecular flexibility index (Phi) is 6.69. The molecule has 0 fully saturated rings. The van der Waals surface area contributed by atoms with Gasteiger partial charge in [0.05, 0.1) is 11.4 Å². The predicted octanol–water partition coefficient (Wildman–Crippen LogP) is 5.71. The van der Waals surface area contributed by atoms with Crippen LogP contribution < -0.4 is 0 Å². The van der Waals surface area contributed by atoms with Crippen molar-refractivity contribution in [2.24, 2.45) is 0 Å². The molecule has 0 spiro atoms. The van der Waals surface area contributed by atoms with Gasteiger partial charge in [0, 0.05) is 22.6 Å². The van der Waals surface area contributed by atoms with Gasteiger partial charge in [0.2, 0.25) is 5.89 Å². The third kappa shape index (κ3) is 5.08. The first-order chi connectivity index (χ1) is 12.7. The molecule has 5 heteroatoms. The molecule has 3 aromatic rings. The second-order valence-corrected chi connectivity index (χ2v) is 8.20. The Morgan fingerprint density at radius 1 is 1.23 bits per heavy atom. The minimum Gasteiger partial charge on any atom is -0.441 e. The molecular weight excluding hydrogens is 362 g/mol. The minimum absolute atomic E-state index is 0.292. The molecule has 0 aliphatic rings. The molecule has 0 aliphatic heterocycles. The average Bonchev–Trinajstić information content (AvgIpc) is 3.30. The molecule has 136 valence electrons. The summed E-state index contributed by atoms with van der Waals surface area (Å²) in [5, 5.41) is 2.05. The van der Waals surface area contributed by atoms with Gasteiger partial charge in [0.15, 0.2) is 0 Å². The van der Waals surface area contributed by atoms with E-state index in [0.29, 0.717) is 29.6 Å². The summed E-state index contributed by atoms with van der Waals surface area (Å²) in [6.07, 6.45) is 2.48. The Morgan fingerprint density at radius 3 is 2.73 bits per heavy atom. The van der Waals surface area contributed by atoms with Crippen molar-refractivity contribution in [3.8, 4) is 11.5 Å². The van der Waals surface area contributed by atoms with E-state index in [4.69, 9.17) is 4.42 Å². The topological polar surface area (TPSA) is 43.1 Å². The number of ketones is 1. The van der Waals surface area contributed by atoms with Gasteiger partial charge in [-0.1, -0.05) is 25.1 Å². The second kappa shape index (κ2) is 9.19. The molecule has 0 aliphatic carbocycles. The highest BCUT2D eigenvalue weighted by atomic mass is 32.2. The van der Waals surface area contributed by atoms with Gasteiger partial charge in [-0.2, -0.15) is 0 Å². The Morgan fingerprint density at radius 2 is 2.04 bits per heavy atom. The quantitative estimate of drug-likeness (QED) is 0.473. The molecule has 0 saturated carbocycles. The van der Waals surface area contributed by atoms with E-state index in [9.17, 15) is 4.79 Å². The highest BCUT2D eigenvalue weighted by Gasteiger charge is 2.12. The molecule has 0 radical (unpaired) electrons. The maximum atomic E-state index is 12.0. The normalized spacial score (nSPS) is 11.0. The van der Waals surface area contributed by atoms with Crippen molar-refractivity contribution in [1.82, 2.24) is 4.98 Å². The summed E-state index contributed by atoms with van der Waals surface area (Å²) in [6, 6.07) is 12.4. The first-order valence-electron chi connectivity index (χ1n) is 8.83. The number of rotatable bonds is 9. The van der Waals surface area contributed by atoms with Crippen molar-refractivity contribution in [3.63, 3.8) is 0 Å². The van der Waals surface area contributed by atoms with Crippen LogP contribution in [-0.2, 0) is 23.4 Å². The third-order valence-corrected chi connectivity index (χ3v) is 6.17. The van der Waals surface area contributed by atoms with Crippen LogP contribution in [0.15, 0.2) is 46.2 Å². The molecule has 3 rings (SSSR count). The van der Waals surface area contributed by atoms with Gasteiger partial charge in [0.25, 0.3) is 0 Å². The highest BCUT2D eigenvalue weighted by Crippen LogP contribution is 2.25. The van der Waals surface area contributed by atoms with E-state index in [1.165, 1.54) is 10.4 Å².